The van der Waals surface area contributed by atoms with Crippen molar-refractivity contribution in [2.24, 2.45) is 0 Å². The molecular formula is C10H11N. The van der Waals surface area contributed by atoms with Crippen LogP contribution in [0.25, 0.3) is 6.08 Å². The summed E-state index contributed by atoms with van der Waals surface area (Å²) in [7, 11) is 0. The van der Waals surface area contributed by atoms with Crippen LogP contribution >= 0.6 is 0 Å². The van der Waals surface area contributed by atoms with E-state index in [1.54, 1.807) is 6.20 Å². The average Bonchev–Trinajstić information content (AvgIpc) is 2.06. The smallest absolute Gasteiger partial charge is 0.0513 e. The molecule has 1 heteroatoms. The van der Waals surface area contributed by atoms with Gasteiger partial charge in [0.05, 0.1) is 5.69 Å². The van der Waals surface area contributed by atoms with Crippen LogP contribution in [0.3, 0.4) is 0 Å². The molecule has 1 heterocycles. The Bertz CT molecular complexity index is 263. The Morgan fingerprint density at radius 3 is 2.91 bits per heavy atom. The minimum absolute atomic E-state index is 0.808. The van der Waals surface area contributed by atoms with Gasteiger partial charge in [-0.1, -0.05) is 24.8 Å². The molecule has 1 aromatic heterocycles. The molecule has 0 aliphatic carbocycles. The molecule has 1 nitrogen and oxygen atoms in total. The summed E-state index contributed by atoms with van der Waals surface area (Å²) in [5.41, 5.74) is 2.13. The molecule has 0 amide bonds. The van der Waals surface area contributed by atoms with Crippen molar-refractivity contribution in [2.75, 3.05) is 0 Å². The summed E-state index contributed by atoms with van der Waals surface area (Å²) < 4.78 is 0. The Hall–Kier alpha value is -1.37. The predicted octanol–water partition coefficient (Wildman–Crippen LogP) is 2.45. The highest BCUT2D eigenvalue weighted by atomic mass is 14.7. The first-order valence-corrected chi connectivity index (χ1v) is 3.55. The van der Waals surface area contributed by atoms with Gasteiger partial charge in [-0.3, -0.25) is 4.98 Å². The summed E-state index contributed by atoms with van der Waals surface area (Å²) in [6, 6.07) is 3.91. The second kappa shape index (κ2) is 3.71. The molecule has 0 radical (unpaired) electrons. The van der Waals surface area contributed by atoms with Crippen LogP contribution in [0.15, 0.2) is 37.6 Å². The Morgan fingerprint density at radius 1 is 1.45 bits per heavy atom. The molecule has 0 fully saturated rings. The molecule has 1 rings (SSSR count). The first-order chi connectivity index (χ1) is 5.38. The number of rotatable bonds is 3. The predicted molar refractivity (Wildman–Crippen MR) is 48.2 cm³/mol. The van der Waals surface area contributed by atoms with Crippen LogP contribution in [0.2, 0.25) is 0 Å². The average molecular weight is 145 g/mol. The number of allylic oxidation sites excluding steroid dienone is 1. The molecule has 0 aromatic carbocycles. The van der Waals surface area contributed by atoms with E-state index >= 15 is 0 Å². The van der Waals surface area contributed by atoms with E-state index in [9.17, 15) is 0 Å². The topological polar surface area (TPSA) is 12.9 Å². The van der Waals surface area contributed by atoms with Crippen molar-refractivity contribution in [1.82, 2.24) is 4.98 Å². The van der Waals surface area contributed by atoms with Crippen molar-refractivity contribution >= 4 is 6.08 Å². The lowest BCUT2D eigenvalue weighted by Crippen LogP contribution is -1.89. The maximum Gasteiger partial charge on any atom is 0.0513 e. The fourth-order valence-corrected chi connectivity index (χ4v) is 0.944. The summed E-state index contributed by atoms with van der Waals surface area (Å²) in [5.74, 6) is 0. The number of nitrogens with zero attached hydrogens (tertiary/aromatic N) is 1. The molecule has 11 heavy (non-hydrogen) atoms. The summed E-state index contributed by atoms with van der Waals surface area (Å²) in [4.78, 5) is 4.20. The van der Waals surface area contributed by atoms with Crippen molar-refractivity contribution in [3.63, 3.8) is 0 Å². The zero-order valence-corrected chi connectivity index (χ0v) is 6.46. The second-order valence-corrected chi connectivity index (χ2v) is 2.24. The minimum Gasteiger partial charge on any atom is -0.260 e. The lowest BCUT2D eigenvalue weighted by Gasteiger charge is -1.99. The lowest BCUT2D eigenvalue weighted by atomic mass is 10.1. The highest BCUT2D eigenvalue weighted by Gasteiger charge is 1.94. The molecule has 0 spiro atoms. The number of pyridine rings is 1. The molecule has 0 bridgehead atoms. The quantitative estimate of drug-likeness (QED) is 0.595. The molecular weight excluding hydrogens is 134 g/mol. The Balaban J connectivity index is 3.01. The Labute approximate surface area is 67.1 Å². The van der Waals surface area contributed by atoms with Crippen molar-refractivity contribution in [1.29, 1.82) is 0 Å². The standard InChI is InChI=1S/C10H11N/c1-3-6-10-9(4-2)7-5-8-11-10/h3-5,7-8H,1-2,6H2. The summed E-state index contributed by atoms with van der Waals surface area (Å²) in [6.45, 7) is 7.36. The van der Waals surface area contributed by atoms with Crippen LogP contribution in [-0.2, 0) is 6.42 Å². The van der Waals surface area contributed by atoms with Crippen LogP contribution in [0, 0.1) is 0 Å². The van der Waals surface area contributed by atoms with Crippen molar-refractivity contribution in [3.8, 4) is 0 Å². The number of hydrogen-bond donors (Lipinski definition) is 0. The van der Waals surface area contributed by atoms with Crippen LogP contribution in [0.5, 0.6) is 0 Å². The van der Waals surface area contributed by atoms with E-state index in [0.717, 1.165) is 17.7 Å². The maximum atomic E-state index is 4.20. The minimum atomic E-state index is 0.808. The van der Waals surface area contributed by atoms with Crippen LogP contribution in [0.1, 0.15) is 11.3 Å². The largest absolute Gasteiger partial charge is 0.260 e. The van der Waals surface area contributed by atoms with Crippen molar-refractivity contribution < 1.29 is 0 Å². The monoisotopic (exact) mass is 145 g/mol. The fraction of sp³-hybridized carbons (Fsp3) is 0.100. The number of hydrogen-bond acceptors (Lipinski definition) is 1. The van der Waals surface area contributed by atoms with Crippen LogP contribution in [-0.4, -0.2) is 4.98 Å². The number of aromatic nitrogens is 1. The summed E-state index contributed by atoms with van der Waals surface area (Å²) in [6.07, 6.45) is 6.25. The van der Waals surface area contributed by atoms with Crippen molar-refractivity contribution in [2.45, 2.75) is 6.42 Å². The van der Waals surface area contributed by atoms with E-state index in [1.165, 1.54) is 0 Å². The van der Waals surface area contributed by atoms with E-state index in [4.69, 9.17) is 0 Å². The molecule has 0 N–H and O–H groups in total. The van der Waals surface area contributed by atoms with Gasteiger partial charge >= 0.3 is 0 Å². The Kier molecular flexibility index (Phi) is 2.61. The third kappa shape index (κ3) is 1.77. The second-order valence-electron chi connectivity index (χ2n) is 2.24. The highest BCUT2D eigenvalue weighted by Crippen LogP contribution is 2.06. The first kappa shape index (κ1) is 7.73. The SMILES string of the molecule is C=CCc1ncccc1C=C. The molecule has 0 unspecified atom stereocenters. The zero-order chi connectivity index (χ0) is 8.10. The van der Waals surface area contributed by atoms with Gasteiger partial charge in [0.2, 0.25) is 0 Å². The molecule has 0 atom stereocenters. The van der Waals surface area contributed by atoms with Gasteiger partial charge in [0, 0.05) is 12.6 Å². The van der Waals surface area contributed by atoms with E-state index in [0.29, 0.717) is 0 Å². The molecule has 56 valence electrons. The van der Waals surface area contributed by atoms with E-state index in [2.05, 4.69) is 18.1 Å². The highest BCUT2D eigenvalue weighted by molar-refractivity contribution is 5.49. The third-order valence-corrected chi connectivity index (χ3v) is 1.48. The van der Waals surface area contributed by atoms with Crippen molar-refractivity contribution in [3.05, 3.63) is 48.8 Å². The first-order valence-electron chi connectivity index (χ1n) is 3.55. The van der Waals surface area contributed by atoms with Gasteiger partial charge in [0.25, 0.3) is 0 Å². The van der Waals surface area contributed by atoms with Crippen LogP contribution < -0.4 is 0 Å². The van der Waals surface area contributed by atoms with E-state index in [1.807, 2.05) is 24.3 Å². The van der Waals surface area contributed by atoms with Crippen LogP contribution in [0.4, 0.5) is 0 Å². The normalized spacial score (nSPS) is 9.09. The molecule has 0 saturated carbocycles. The third-order valence-electron chi connectivity index (χ3n) is 1.48. The van der Waals surface area contributed by atoms with Gasteiger partial charge in [-0.15, -0.1) is 6.58 Å². The fourth-order valence-electron chi connectivity index (χ4n) is 0.944. The maximum absolute atomic E-state index is 4.20. The summed E-state index contributed by atoms with van der Waals surface area (Å²) in [5, 5.41) is 0. The van der Waals surface area contributed by atoms with Gasteiger partial charge in [0.1, 0.15) is 0 Å². The van der Waals surface area contributed by atoms with Gasteiger partial charge in [0.15, 0.2) is 0 Å². The molecule has 1 aromatic rings. The molecule has 0 saturated heterocycles. The molecule has 0 aliphatic rings. The molecule has 0 aliphatic heterocycles. The Morgan fingerprint density at radius 2 is 2.27 bits per heavy atom. The van der Waals surface area contributed by atoms with Gasteiger partial charge in [-0.05, 0) is 11.6 Å². The summed E-state index contributed by atoms with van der Waals surface area (Å²) >= 11 is 0. The van der Waals surface area contributed by atoms with Gasteiger partial charge in [-0.25, -0.2) is 0 Å². The van der Waals surface area contributed by atoms with E-state index < -0.39 is 0 Å². The van der Waals surface area contributed by atoms with E-state index in [-0.39, 0.29) is 0 Å². The van der Waals surface area contributed by atoms with Gasteiger partial charge in [-0.2, -0.15) is 0 Å². The lowest BCUT2D eigenvalue weighted by molar-refractivity contribution is 1.10. The van der Waals surface area contributed by atoms with Gasteiger partial charge < -0.3 is 0 Å². The zero-order valence-electron chi connectivity index (χ0n) is 6.46.